The van der Waals surface area contributed by atoms with Crippen LogP contribution < -0.4 is 0 Å². The first-order valence-corrected chi connectivity index (χ1v) is 11.2. The quantitative estimate of drug-likeness (QED) is 0.388. The number of nitrogens with zero attached hydrogens (tertiary/aromatic N) is 1. The average molecular weight is 384 g/mol. The Kier molecular flexibility index (Phi) is 11.2. The minimum absolute atomic E-state index is 0.0423. The molecule has 1 N–H and O–H groups in total. The zero-order valence-electron chi connectivity index (χ0n) is 15.9. The summed E-state index contributed by atoms with van der Waals surface area (Å²) < 4.78 is 30.0. The van der Waals surface area contributed by atoms with Crippen molar-refractivity contribution < 1.29 is 17.8 Å². The molecule has 0 atom stereocenters. The standard InChI is InChI=1S/C20H33NO4S/c1-21(17-18-26(23,24)25)20(22)16-12-7-5-3-2-4-6-9-13-19-14-10-8-11-15-19/h8,10-11,14-15H,2-7,9,12-13,16-18H2,1H3,(H,23,24,25). The Morgan fingerprint density at radius 1 is 0.923 bits per heavy atom. The molecule has 6 heteroatoms. The van der Waals surface area contributed by atoms with Gasteiger partial charge in [-0.15, -0.1) is 0 Å². The third-order valence-corrected chi connectivity index (χ3v) is 5.26. The molecule has 1 rings (SSSR count). The van der Waals surface area contributed by atoms with Crippen LogP contribution in [0.4, 0.5) is 0 Å². The molecule has 0 unspecified atom stereocenters. The maximum absolute atomic E-state index is 11.8. The van der Waals surface area contributed by atoms with Crippen molar-refractivity contribution in [3.63, 3.8) is 0 Å². The summed E-state index contributed by atoms with van der Waals surface area (Å²) >= 11 is 0. The van der Waals surface area contributed by atoms with Gasteiger partial charge in [-0.3, -0.25) is 9.35 Å². The lowest BCUT2D eigenvalue weighted by atomic mass is 10.0. The molecule has 5 nitrogen and oxygen atoms in total. The van der Waals surface area contributed by atoms with Crippen LogP contribution in [0.2, 0.25) is 0 Å². The summed E-state index contributed by atoms with van der Waals surface area (Å²) in [6, 6.07) is 10.6. The first kappa shape index (κ1) is 22.6. The van der Waals surface area contributed by atoms with Crippen molar-refractivity contribution in [2.75, 3.05) is 19.3 Å². The van der Waals surface area contributed by atoms with Gasteiger partial charge in [0.1, 0.15) is 0 Å². The largest absolute Gasteiger partial charge is 0.345 e. The molecule has 1 aromatic carbocycles. The molecule has 0 heterocycles. The predicted molar refractivity (Wildman–Crippen MR) is 106 cm³/mol. The van der Waals surface area contributed by atoms with Crippen LogP contribution in [0.25, 0.3) is 0 Å². The van der Waals surface area contributed by atoms with E-state index in [0.29, 0.717) is 6.42 Å². The Bertz CT molecular complexity index is 601. The molecule has 0 bridgehead atoms. The van der Waals surface area contributed by atoms with E-state index >= 15 is 0 Å². The summed E-state index contributed by atoms with van der Waals surface area (Å²) in [7, 11) is -2.43. The van der Waals surface area contributed by atoms with Gasteiger partial charge in [0, 0.05) is 20.0 Å². The number of rotatable bonds is 14. The van der Waals surface area contributed by atoms with Crippen molar-refractivity contribution in [1.82, 2.24) is 4.90 Å². The molecule has 0 saturated heterocycles. The van der Waals surface area contributed by atoms with E-state index in [1.807, 2.05) is 0 Å². The van der Waals surface area contributed by atoms with Crippen molar-refractivity contribution in [3.05, 3.63) is 35.9 Å². The topological polar surface area (TPSA) is 74.7 Å². The SMILES string of the molecule is CN(CCS(=O)(=O)O)C(=O)CCCCCCCCCCc1ccccc1. The highest BCUT2D eigenvalue weighted by Crippen LogP contribution is 2.12. The van der Waals surface area contributed by atoms with E-state index in [0.717, 1.165) is 25.7 Å². The summed E-state index contributed by atoms with van der Waals surface area (Å²) in [5, 5.41) is 0. The number of amides is 1. The van der Waals surface area contributed by atoms with Crippen LogP contribution in [0.1, 0.15) is 63.4 Å². The molecule has 0 aliphatic rings. The summed E-state index contributed by atoms with van der Waals surface area (Å²) in [5.74, 6) is -0.464. The molecule has 0 fully saturated rings. The van der Waals surface area contributed by atoms with E-state index in [2.05, 4.69) is 30.3 Å². The van der Waals surface area contributed by atoms with E-state index < -0.39 is 15.9 Å². The van der Waals surface area contributed by atoms with Gasteiger partial charge in [-0.05, 0) is 24.8 Å². The minimum Gasteiger partial charge on any atom is -0.345 e. The summed E-state index contributed by atoms with van der Waals surface area (Å²) in [6.45, 7) is 0.0423. The second-order valence-electron chi connectivity index (χ2n) is 6.92. The highest BCUT2D eigenvalue weighted by Gasteiger charge is 2.12. The third-order valence-electron chi connectivity index (χ3n) is 4.56. The predicted octanol–water partition coefficient (Wildman–Crippen LogP) is 4.09. The molecule has 1 amide bonds. The molecule has 148 valence electrons. The maximum Gasteiger partial charge on any atom is 0.266 e. The molecule has 1 aromatic rings. The van der Waals surface area contributed by atoms with Gasteiger partial charge in [-0.25, -0.2) is 0 Å². The van der Waals surface area contributed by atoms with Crippen LogP contribution >= 0.6 is 0 Å². The van der Waals surface area contributed by atoms with Crippen molar-refractivity contribution >= 4 is 16.0 Å². The number of unbranched alkanes of at least 4 members (excludes halogenated alkanes) is 7. The van der Waals surface area contributed by atoms with Crippen molar-refractivity contribution in [1.29, 1.82) is 0 Å². The Morgan fingerprint density at radius 2 is 1.46 bits per heavy atom. The number of hydrogen-bond donors (Lipinski definition) is 1. The van der Waals surface area contributed by atoms with Gasteiger partial charge >= 0.3 is 0 Å². The van der Waals surface area contributed by atoms with Crippen LogP contribution in [-0.4, -0.2) is 43.1 Å². The fourth-order valence-corrected chi connectivity index (χ4v) is 3.38. The molecule has 0 radical (unpaired) electrons. The molecular formula is C20H33NO4S. The number of benzene rings is 1. The zero-order valence-corrected chi connectivity index (χ0v) is 16.7. The van der Waals surface area contributed by atoms with Crippen LogP contribution in [0, 0.1) is 0 Å². The first-order chi connectivity index (χ1) is 12.4. The summed E-state index contributed by atoms with van der Waals surface area (Å²) in [6.07, 6.45) is 10.8. The number of carbonyl (C=O) groups excluding carboxylic acids is 1. The first-order valence-electron chi connectivity index (χ1n) is 9.61. The highest BCUT2D eigenvalue weighted by molar-refractivity contribution is 7.85. The van der Waals surface area contributed by atoms with Gasteiger partial charge in [0.05, 0.1) is 5.75 Å². The Hall–Kier alpha value is -1.40. The Morgan fingerprint density at radius 3 is 2.04 bits per heavy atom. The van der Waals surface area contributed by atoms with E-state index in [1.165, 1.54) is 42.6 Å². The van der Waals surface area contributed by atoms with E-state index in [-0.39, 0.29) is 12.5 Å². The van der Waals surface area contributed by atoms with Crippen molar-refractivity contribution in [2.24, 2.45) is 0 Å². The van der Waals surface area contributed by atoms with Gasteiger partial charge in [-0.2, -0.15) is 8.42 Å². The third kappa shape index (κ3) is 12.0. The Balaban J connectivity index is 1.91. The van der Waals surface area contributed by atoms with E-state index in [4.69, 9.17) is 4.55 Å². The van der Waals surface area contributed by atoms with E-state index in [9.17, 15) is 13.2 Å². The fraction of sp³-hybridized carbons (Fsp3) is 0.650. The van der Waals surface area contributed by atoms with Crippen LogP contribution in [0.3, 0.4) is 0 Å². The number of hydrogen-bond acceptors (Lipinski definition) is 3. The molecule has 0 spiro atoms. The lowest BCUT2D eigenvalue weighted by Gasteiger charge is -2.16. The zero-order chi connectivity index (χ0) is 19.3. The Labute approximate surface area is 158 Å². The van der Waals surface area contributed by atoms with Gasteiger partial charge in [0.15, 0.2) is 0 Å². The van der Waals surface area contributed by atoms with E-state index in [1.54, 1.807) is 7.05 Å². The molecule has 0 aliphatic carbocycles. The second-order valence-corrected chi connectivity index (χ2v) is 8.49. The van der Waals surface area contributed by atoms with Gasteiger partial charge in [0.2, 0.25) is 5.91 Å². The van der Waals surface area contributed by atoms with Gasteiger partial charge in [-0.1, -0.05) is 68.9 Å². The monoisotopic (exact) mass is 383 g/mol. The normalized spacial score (nSPS) is 11.5. The molecule has 26 heavy (non-hydrogen) atoms. The summed E-state index contributed by atoms with van der Waals surface area (Å²) in [5.41, 5.74) is 1.42. The lowest BCUT2D eigenvalue weighted by molar-refractivity contribution is -0.129. The second kappa shape index (κ2) is 12.9. The molecule has 0 aromatic heterocycles. The van der Waals surface area contributed by atoms with Crippen LogP contribution in [0.5, 0.6) is 0 Å². The molecular weight excluding hydrogens is 350 g/mol. The molecule has 0 saturated carbocycles. The van der Waals surface area contributed by atoms with Crippen molar-refractivity contribution in [2.45, 2.75) is 64.2 Å². The lowest BCUT2D eigenvalue weighted by Crippen LogP contribution is -2.31. The average Bonchev–Trinajstić information content (AvgIpc) is 2.61. The molecule has 0 aliphatic heterocycles. The van der Waals surface area contributed by atoms with Crippen LogP contribution in [-0.2, 0) is 21.3 Å². The fourth-order valence-electron chi connectivity index (χ4n) is 2.88. The van der Waals surface area contributed by atoms with Crippen molar-refractivity contribution in [3.8, 4) is 0 Å². The minimum atomic E-state index is -4.00. The van der Waals surface area contributed by atoms with Gasteiger partial charge < -0.3 is 4.90 Å². The highest BCUT2D eigenvalue weighted by atomic mass is 32.2. The maximum atomic E-state index is 11.8. The summed E-state index contributed by atoms with van der Waals surface area (Å²) in [4.78, 5) is 13.2. The van der Waals surface area contributed by atoms with Gasteiger partial charge in [0.25, 0.3) is 10.1 Å². The van der Waals surface area contributed by atoms with Crippen LogP contribution in [0.15, 0.2) is 30.3 Å². The smallest absolute Gasteiger partial charge is 0.266 e. The number of carbonyl (C=O) groups is 1. The number of aryl methyl sites for hydroxylation is 1.